The highest BCUT2D eigenvalue weighted by Crippen LogP contribution is 2.30. The maximum atomic E-state index is 12.8. The normalized spacial score (nSPS) is 10.7. The van der Waals surface area contributed by atoms with Crippen molar-refractivity contribution >= 4 is 27.9 Å². The minimum atomic E-state index is -0.217. The van der Waals surface area contributed by atoms with Gasteiger partial charge in [0.1, 0.15) is 5.69 Å². The van der Waals surface area contributed by atoms with Gasteiger partial charge in [0.25, 0.3) is 5.91 Å². The van der Waals surface area contributed by atoms with E-state index in [2.05, 4.69) is 10.3 Å². The van der Waals surface area contributed by atoms with Crippen LogP contribution in [0.4, 0.5) is 5.69 Å². The molecular weight excluding hydrogens is 362 g/mol. The Labute approximate surface area is 160 Å². The Bertz CT molecular complexity index is 1100. The fourth-order valence-electron chi connectivity index (χ4n) is 2.80. The first kappa shape index (κ1) is 17.1. The number of amides is 1. The van der Waals surface area contributed by atoms with Crippen molar-refractivity contribution in [2.75, 3.05) is 19.5 Å². The molecule has 4 rings (SSSR count). The van der Waals surface area contributed by atoms with E-state index >= 15 is 0 Å². The Morgan fingerprint density at radius 2 is 1.85 bits per heavy atom. The summed E-state index contributed by atoms with van der Waals surface area (Å²) in [7, 11) is 3.13. The highest BCUT2D eigenvalue weighted by atomic mass is 32.1. The summed E-state index contributed by atoms with van der Waals surface area (Å²) in [5.74, 6) is 0.945. The quantitative estimate of drug-likeness (QED) is 0.560. The van der Waals surface area contributed by atoms with E-state index in [0.29, 0.717) is 22.9 Å². The number of rotatable bonds is 5. The molecule has 2 aromatic heterocycles. The molecule has 0 radical (unpaired) electrons. The number of hydrogen-bond donors (Lipinski definition) is 1. The number of nitrogens with one attached hydrogen (secondary N) is 1. The second-order valence-electron chi connectivity index (χ2n) is 5.79. The van der Waals surface area contributed by atoms with Crippen molar-refractivity contribution in [2.24, 2.45) is 0 Å². The summed E-state index contributed by atoms with van der Waals surface area (Å²) in [4.78, 5) is 18.1. The van der Waals surface area contributed by atoms with Crippen molar-refractivity contribution in [3.63, 3.8) is 0 Å². The molecule has 0 saturated heterocycles. The summed E-state index contributed by atoms with van der Waals surface area (Å²) in [6.07, 6.45) is 1.88. The molecule has 27 heavy (non-hydrogen) atoms. The van der Waals surface area contributed by atoms with E-state index in [1.165, 1.54) is 11.3 Å². The third-order valence-electron chi connectivity index (χ3n) is 4.15. The zero-order valence-corrected chi connectivity index (χ0v) is 15.6. The van der Waals surface area contributed by atoms with Crippen molar-refractivity contribution in [1.29, 1.82) is 0 Å². The Balaban J connectivity index is 1.62. The maximum absolute atomic E-state index is 12.8. The molecular formula is C20H17N3O3S. The molecule has 0 aliphatic carbocycles. The fraction of sp³-hybridized carbons (Fsp3) is 0.100. The molecule has 7 heteroatoms. The lowest BCUT2D eigenvalue weighted by Crippen LogP contribution is -2.13. The van der Waals surface area contributed by atoms with Crippen molar-refractivity contribution in [3.05, 3.63) is 65.8 Å². The van der Waals surface area contributed by atoms with Crippen LogP contribution in [0.3, 0.4) is 0 Å². The van der Waals surface area contributed by atoms with Gasteiger partial charge in [0.2, 0.25) is 0 Å². The highest BCUT2D eigenvalue weighted by Gasteiger charge is 2.16. The molecule has 1 N–H and O–H groups in total. The number of nitrogens with zero attached hydrogens (tertiary/aromatic N) is 2. The third-order valence-corrected chi connectivity index (χ3v) is 4.99. The Kier molecular flexibility index (Phi) is 4.52. The topological polar surface area (TPSA) is 64.9 Å². The van der Waals surface area contributed by atoms with Gasteiger partial charge in [0, 0.05) is 28.9 Å². The van der Waals surface area contributed by atoms with Crippen LogP contribution in [0.25, 0.3) is 16.2 Å². The number of anilines is 1. The van der Waals surface area contributed by atoms with E-state index < -0.39 is 0 Å². The lowest BCUT2D eigenvalue weighted by atomic mass is 10.2. The van der Waals surface area contributed by atoms with Crippen LogP contribution >= 0.6 is 11.3 Å². The molecule has 0 atom stereocenters. The van der Waals surface area contributed by atoms with E-state index in [1.807, 2.05) is 40.9 Å². The summed E-state index contributed by atoms with van der Waals surface area (Å²) < 4.78 is 12.3. The van der Waals surface area contributed by atoms with Gasteiger partial charge in [-0.25, -0.2) is 4.98 Å². The summed E-state index contributed by atoms with van der Waals surface area (Å²) in [5, 5.41) is 4.69. The molecule has 0 aliphatic rings. The second-order valence-corrected chi connectivity index (χ2v) is 6.63. The SMILES string of the molecule is COc1ccc(NC(=O)c2csc3nc(-c4ccccc4)cn23)cc1OC. The summed E-state index contributed by atoms with van der Waals surface area (Å²) in [5.41, 5.74) is 3.00. The summed E-state index contributed by atoms with van der Waals surface area (Å²) in [6.45, 7) is 0. The molecule has 4 aromatic rings. The smallest absolute Gasteiger partial charge is 0.273 e. The third kappa shape index (κ3) is 3.24. The van der Waals surface area contributed by atoms with Crippen LogP contribution in [0.2, 0.25) is 0 Å². The van der Waals surface area contributed by atoms with Crippen LogP contribution < -0.4 is 14.8 Å². The van der Waals surface area contributed by atoms with E-state index in [0.717, 1.165) is 16.2 Å². The van der Waals surface area contributed by atoms with Crippen LogP contribution in [0, 0.1) is 0 Å². The zero-order chi connectivity index (χ0) is 18.8. The first-order valence-electron chi connectivity index (χ1n) is 8.25. The van der Waals surface area contributed by atoms with Crippen molar-refractivity contribution in [1.82, 2.24) is 9.38 Å². The largest absolute Gasteiger partial charge is 0.493 e. The molecule has 136 valence electrons. The Morgan fingerprint density at radius 1 is 1.07 bits per heavy atom. The Morgan fingerprint density at radius 3 is 2.59 bits per heavy atom. The minimum Gasteiger partial charge on any atom is -0.493 e. The van der Waals surface area contributed by atoms with Gasteiger partial charge in [-0.15, -0.1) is 11.3 Å². The van der Waals surface area contributed by atoms with Crippen LogP contribution in [-0.4, -0.2) is 29.5 Å². The van der Waals surface area contributed by atoms with E-state index in [4.69, 9.17) is 9.47 Å². The molecule has 1 amide bonds. The molecule has 0 bridgehead atoms. The van der Waals surface area contributed by atoms with E-state index in [9.17, 15) is 4.79 Å². The average molecular weight is 379 g/mol. The van der Waals surface area contributed by atoms with Gasteiger partial charge >= 0.3 is 0 Å². The van der Waals surface area contributed by atoms with Gasteiger partial charge in [0.05, 0.1) is 19.9 Å². The van der Waals surface area contributed by atoms with Gasteiger partial charge in [-0.1, -0.05) is 30.3 Å². The van der Waals surface area contributed by atoms with E-state index in [1.54, 1.807) is 37.8 Å². The van der Waals surface area contributed by atoms with Gasteiger partial charge in [0.15, 0.2) is 16.5 Å². The second kappa shape index (κ2) is 7.13. The van der Waals surface area contributed by atoms with Crippen LogP contribution in [0.15, 0.2) is 60.1 Å². The number of methoxy groups -OCH3 is 2. The number of carbonyl (C=O) groups excluding carboxylic acids is 1. The maximum Gasteiger partial charge on any atom is 0.273 e. The Hall–Kier alpha value is -3.32. The van der Waals surface area contributed by atoms with Crippen molar-refractivity contribution < 1.29 is 14.3 Å². The van der Waals surface area contributed by atoms with Crippen molar-refractivity contribution in [3.8, 4) is 22.8 Å². The van der Waals surface area contributed by atoms with Crippen molar-refractivity contribution in [2.45, 2.75) is 0 Å². The number of ether oxygens (including phenoxy) is 2. The predicted molar refractivity (Wildman–Crippen MR) is 106 cm³/mol. The van der Waals surface area contributed by atoms with Gasteiger partial charge in [-0.05, 0) is 12.1 Å². The summed E-state index contributed by atoms with van der Waals surface area (Å²) >= 11 is 1.43. The molecule has 6 nitrogen and oxygen atoms in total. The monoisotopic (exact) mass is 379 g/mol. The van der Waals surface area contributed by atoms with Crippen LogP contribution in [-0.2, 0) is 0 Å². The highest BCUT2D eigenvalue weighted by molar-refractivity contribution is 7.15. The van der Waals surface area contributed by atoms with Crippen LogP contribution in [0.1, 0.15) is 10.5 Å². The predicted octanol–water partition coefficient (Wildman–Crippen LogP) is 4.33. The lowest BCUT2D eigenvalue weighted by molar-refractivity contribution is 0.102. The number of carbonyl (C=O) groups is 1. The first-order chi connectivity index (χ1) is 13.2. The number of aromatic nitrogens is 2. The van der Waals surface area contributed by atoms with E-state index in [-0.39, 0.29) is 5.91 Å². The molecule has 0 fully saturated rings. The standard InChI is InChI=1S/C20H17N3O3S/c1-25-17-9-8-14(10-18(17)26-2)21-19(24)16-12-27-20-22-15(11-23(16)20)13-6-4-3-5-7-13/h3-12H,1-2H3,(H,21,24). The molecule has 2 heterocycles. The molecule has 2 aromatic carbocycles. The number of fused-ring (bicyclic) bond motifs is 1. The van der Waals surface area contributed by atoms with Crippen LogP contribution in [0.5, 0.6) is 11.5 Å². The zero-order valence-electron chi connectivity index (χ0n) is 14.8. The van der Waals surface area contributed by atoms with Gasteiger partial charge in [-0.2, -0.15) is 0 Å². The average Bonchev–Trinajstić information content (AvgIpc) is 3.29. The fourth-order valence-corrected chi connectivity index (χ4v) is 3.66. The summed E-state index contributed by atoms with van der Waals surface area (Å²) in [6, 6.07) is 15.1. The molecule has 0 saturated carbocycles. The first-order valence-corrected chi connectivity index (χ1v) is 9.13. The molecule has 0 unspecified atom stereocenters. The van der Waals surface area contributed by atoms with Gasteiger partial charge in [-0.3, -0.25) is 9.20 Å². The minimum absolute atomic E-state index is 0.217. The number of benzene rings is 2. The lowest BCUT2D eigenvalue weighted by Gasteiger charge is -2.10. The number of imidazole rings is 1. The molecule has 0 aliphatic heterocycles. The van der Waals surface area contributed by atoms with Gasteiger partial charge < -0.3 is 14.8 Å². The number of thiazole rings is 1. The number of hydrogen-bond acceptors (Lipinski definition) is 5. The molecule has 0 spiro atoms.